The molecule has 1 amide bonds. The smallest absolute Gasteiger partial charge is 0.330 e. The zero-order valence-corrected chi connectivity index (χ0v) is 19.0. The highest BCUT2D eigenvalue weighted by Gasteiger charge is 2.27. The fourth-order valence-corrected chi connectivity index (χ4v) is 3.91. The quantitative estimate of drug-likeness (QED) is 0.493. The third-order valence-electron chi connectivity index (χ3n) is 5.53. The van der Waals surface area contributed by atoms with Gasteiger partial charge >= 0.3 is 5.69 Å². The van der Waals surface area contributed by atoms with E-state index in [1.165, 1.54) is 16.6 Å². The number of H-pyrrole nitrogens is 1. The SMILES string of the molecule is CCCn1c(N)c(N(CCOC)C(=O)CC(c2ccccc2)c2ccccc2)c(=O)[nH]c1=O. The molecule has 0 aliphatic rings. The Labute approximate surface area is 192 Å². The van der Waals surface area contributed by atoms with Gasteiger partial charge in [0, 0.05) is 32.5 Å². The van der Waals surface area contributed by atoms with Gasteiger partial charge in [-0.3, -0.25) is 19.1 Å². The lowest BCUT2D eigenvalue weighted by molar-refractivity contribution is -0.119. The van der Waals surface area contributed by atoms with E-state index < -0.39 is 11.2 Å². The van der Waals surface area contributed by atoms with Gasteiger partial charge in [0.15, 0.2) is 5.69 Å². The number of hydrogen-bond acceptors (Lipinski definition) is 5. The number of methoxy groups -OCH3 is 1. The van der Waals surface area contributed by atoms with Gasteiger partial charge in [0.25, 0.3) is 5.56 Å². The van der Waals surface area contributed by atoms with Crippen LogP contribution in [-0.4, -0.2) is 35.7 Å². The van der Waals surface area contributed by atoms with Crippen LogP contribution in [0.15, 0.2) is 70.3 Å². The topological polar surface area (TPSA) is 110 Å². The molecular weight excluding hydrogens is 420 g/mol. The fraction of sp³-hybridized carbons (Fsp3) is 0.320. The van der Waals surface area contributed by atoms with Gasteiger partial charge in [0.2, 0.25) is 5.91 Å². The van der Waals surface area contributed by atoms with Crippen molar-refractivity contribution in [3.63, 3.8) is 0 Å². The third-order valence-corrected chi connectivity index (χ3v) is 5.53. The minimum Gasteiger partial charge on any atom is -0.383 e. The second-order valence-corrected chi connectivity index (χ2v) is 7.76. The number of carbonyl (C=O) groups is 1. The number of rotatable bonds is 10. The van der Waals surface area contributed by atoms with Crippen LogP contribution in [0.5, 0.6) is 0 Å². The van der Waals surface area contributed by atoms with Crippen LogP contribution in [0.2, 0.25) is 0 Å². The predicted octanol–water partition coefficient (Wildman–Crippen LogP) is 2.73. The van der Waals surface area contributed by atoms with E-state index in [-0.39, 0.29) is 42.9 Å². The Kier molecular flexibility index (Phi) is 8.21. The molecule has 33 heavy (non-hydrogen) atoms. The minimum absolute atomic E-state index is 0.0222. The fourth-order valence-electron chi connectivity index (χ4n) is 3.91. The van der Waals surface area contributed by atoms with Crippen molar-refractivity contribution in [3.05, 3.63) is 92.6 Å². The Balaban J connectivity index is 2.04. The molecule has 3 aromatic rings. The minimum atomic E-state index is -0.690. The van der Waals surface area contributed by atoms with Gasteiger partial charge in [-0.2, -0.15) is 0 Å². The molecule has 3 rings (SSSR count). The maximum absolute atomic E-state index is 13.6. The molecule has 0 radical (unpaired) electrons. The molecule has 8 nitrogen and oxygen atoms in total. The zero-order chi connectivity index (χ0) is 23.8. The van der Waals surface area contributed by atoms with Crippen LogP contribution in [0, 0.1) is 0 Å². The van der Waals surface area contributed by atoms with E-state index in [0.29, 0.717) is 13.0 Å². The monoisotopic (exact) mass is 450 g/mol. The zero-order valence-electron chi connectivity index (χ0n) is 19.0. The first-order valence-corrected chi connectivity index (χ1v) is 11.0. The van der Waals surface area contributed by atoms with Gasteiger partial charge in [-0.05, 0) is 17.5 Å². The van der Waals surface area contributed by atoms with E-state index in [1.807, 2.05) is 67.6 Å². The Morgan fingerprint density at radius 1 is 1.06 bits per heavy atom. The van der Waals surface area contributed by atoms with Crippen molar-refractivity contribution in [3.8, 4) is 0 Å². The van der Waals surface area contributed by atoms with E-state index >= 15 is 0 Å². The normalized spacial score (nSPS) is 11.0. The highest BCUT2D eigenvalue weighted by Crippen LogP contribution is 2.30. The number of carbonyl (C=O) groups excluding carboxylic acids is 1. The van der Waals surface area contributed by atoms with Crippen molar-refractivity contribution in [2.75, 3.05) is 30.9 Å². The average molecular weight is 451 g/mol. The number of ether oxygens (including phenoxy) is 1. The Bertz CT molecular complexity index is 1130. The summed E-state index contributed by atoms with van der Waals surface area (Å²) in [6.45, 7) is 2.56. The van der Waals surface area contributed by atoms with Gasteiger partial charge in [-0.1, -0.05) is 67.6 Å². The molecule has 0 bridgehead atoms. The number of nitrogens with two attached hydrogens (primary N) is 1. The van der Waals surface area contributed by atoms with Gasteiger partial charge in [-0.15, -0.1) is 0 Å². The standard InChI is InChI=1S/C25H30N4O4/c1-3-14-29-23(26)22(24(31)27-25(29)32)28(15-16-33-2)21(30)17-20(18-10-6-4-7-11-18)19-12-8-5-9-13-19/h4-13,20H,3,14-17,26H2,1-2H3,(H,27,31,32). The maximum Gasteiger partial charge on any atom is 0.330 e. The van der Waals surface area contributed by atoms with Crippen molar-refractivity contribution in [2.24, 2.45) is 0 Å². The molecule has 8 heteroatoms. The Hall–Kier alpha value is -3.65. The van der Waals surface area contributed by atoms with E-state index in [4.69, 9.17) is 10.5 Å². The Morgan fingerprint density at radius 3 is 2.15 bits per heavy atom. The highest BCUT2D eigenvalue weighted by atomic mass is 16.5. The number of hydrogen-bond donors (Lipinski definition) is 2. The molecule has 0 saturated heterocycles. The summed E-state index contributed by atoms with van der Waals surface area (Å²) >= 11 is 0. The summed E-state index contributed by atoms with van der Waals surface area (Å²) in [6.07, 6.45) is 0.759. The number of nitrogens with zero attached hydrogens (tertiary/aromatic N) is 2. The van der Waals surface area contributed by atoms with Crippen LogP contribution < -0.4 is 21.9 Å². The van der Waals surface area contributed by atoms with Gasteiger partial charge < -0.3 is 15.4 Å². The number of nitrogens with one attached hydrogen (secondary N) is 1. The molecule has 2 aromatic carbocycles. The summed E-state index contributed by atoms with van der Waals surface area (Å²) in [5.41, 5.74) is 6.92. The van der Waals surface area contributed by atoms with Gasteiger partial charge in [0.1, 0.15) is 5.82 Å². The molecule has 0 spiro atoms. The number of benzene rings is 2. The molecule has 0 atom stereocenters. The second kappa shape index (κ2) is 11.3. The molecule has 0 aliphatic carbocycles. The van der Waals surface area contributed by atoms with Crippen molar-refractivity contribution in [1.29, 1.82) is 0 Å². The summed E-state index contributed by atoms with van der Waals surface area (Å²) < 4.78 is 6.47. The van der Waals surface area contributed by atoms with Crippen LogP contribution in [0.25, 0.3) is 0 Å². The lowest BCUT2D eigenvalue weighted by atomic mass is 9.88. The molecule has 0 saturated carbocycles. The molecule has 1 heterocycles. The van der Waals surface area contributed by atoms with Crippen molar-refractivity contribution in [1.82, 2.24) is 9.55 Å². The molecule has 3 N–H and O–H groups in total. The van der Waals surface area contributed by atoms with Crippen molar-refractivity contribution in [2.45, 2.75) is 32.2 Å². The first-order chi connectivity index (χ1) is 16.0. The third kappa shape index (κ3) is 5.59. The van der Waals surface area contributed by atoms with Crippen molar-refractivity contribution < 1.29 is 9.53 Å². The number of amides is 1. The lowest BCUT2D eigenvalue weighted by Gasteiger charge is -2.26. The van der Waals surface area contributed by atoms with Gasteiger partial charge in [-0.25, -0.2) is 4.79 Å². The van der Waals surface area contributed by atoms with Crippen LogP contribution in [0.3, 0.4) is 0 Å². The van der Waals surface area contributed by atoms with Crippen LogP contribution in [0.4, 0.5) is 11.5 Å². The van der Waals surface area contributed by atoms with E-state index in [0.717, 1.165) is 11.1 Å². The molecule has 1 aromatic heterocycles. The predicted molar refractivity (Wildman–Crippen MR) is 130 cm³/mol. The lowest BCUT2D eigenvalue weighted by Crippen LogP contribution is -2.43. The van der Waals surface area contributed by atoms with Crippen LogP contribution >= 0.6 is 0 Å². The maximum atomic E-state index is 13.6. The number of aromatic amines is 1. The average Bonchev–Trinajstić information content (AvgIpc) is 2.83. The van der Waals surface area contributed by atoms with E-state index in [9.17, 15) is 14.4 Å². The highest BCUT2D eigenvalue weighted by molar-refractivity contribution is 5.96. The Morgan fingerprint density at radius 2 is 1.64 bits per heavy atom. The summed E-state index contributed by atoms with van der Waals surface area (Å²) in [4.78, 5) is 42.3. The molecule has 0 fully saturated rings. The number of nitrogen functional groups attached to an aromatic ring is 1. The molecular formula is C25H30N4O4. The molecule has 0 aliphatic heterocycles. The summed E-state index contributed by atoms with van der Waals surface area (Å²) in [6, 6.07) is 19.5. The van der Waals surface area contributed by atoms with Crippen LogP contribution in [-0.2, 0) is 16.1 Å². The summed E-state index contributed by atoms with van der Waals surface area (Å²) in [5.74, 6) is -0.526. The van der Waals surface area contributed by atoms with Gasteiger partial charge in [0.05, 0.1) is 6.61 Å². The molecule has 174 valence electrons. The van der Waals surface area contributed by atoms with E-state index in [2.05, 4.69) is 4.98 Å². The second-order valence-electron chi connectivity index (χ2n) is 7.76. The van der Waals surface area contributed by atoms with E-state index in [1.54, 1.807) is 0 Å². The largest absolute Gasteiger partial charge is 0.383 e. The summed E-state index contributed by atoms with van der Waals surface area (Å²) in [7, 11) is 1.52. The number of aromatic nitrogens is 2. The van der Waals surface area contributed by atoms with Crippen LogP contribution in [0.1, 0.15) is 36.8 Å². The summed E-state index contributed by atoms with van der Waals surface area (Å²) in [5, 5.41) is 0. The first kappa shape index (κ1) is 24.0. The first-order valence-electron chi connectivity index (χ1n) is 11.0. The van der Waals surface area contributed by atoms with Crippen molar-refractivity contribution >= 4 is 17.4 Å². The molecule has 0 unspecified atom stereocenters. The number of anilines is 2.